The maximum Gasteiger partial charge on any atom is 0.240 e. The van der Waals surface area contributed by atoms with Crippen LogP contribution in [-0.4, -0.2) is 35.3 Å². The average Bonchev–Trinajstić information content (AvgIpc) is 2.71. The minimum Gasteiger partial charge on any atom is -0.497 e. The maximum atomic E-state index is 13.2. The number of rotatable bonds is 6. The van der Waals surface area contributed by atoms with Gasteiger partial charge >= 0.3 is 0 Å². The molecule has 3 atom stereocenters. The van der Waals surface area contributed by atoms with Crippen molar-refractivity contribution < 1.29 is 17.9 Å². The molecule has 0 unspecified atom stereocenters. The van der Waals surface area contributed by atoms with Crippen molar-refractivity contribution in [3.8, 4) is 5.75 Å². The lowest BCUT2D eigenvalue weighted by atomic mass is 9.52. The summed E-state index contributed by atoms with van der Waals surface area (Å²) >= 11 is 0. The highest BCUT2D eigenvalue weighted by molar-refractivity contribution is 7.89. The molecule has 2 aromatic carbocycles. The van der Waals surface area contributed by atoms with Crippen LogP contribution in [0.25, 0.3) is 0 Å². The van der Waals surface area contributed by atoms with E-state index in [1.165, 1.54) is 11.1 Å². The van der Waals surface area contributed by atoms with Crippen molar-refractivity contribution in [2.24, 2.45) is 5.41 Å². The van der Waals surface area contributed by atoms with E-state index in [9.17, 15) is 8.42 Å². The third-order valence-electron chi connectivity index (χ3n) is 7.04. The smallest absolute Gasteiger partial charge is 0.240 e. The van der Waals surface area contributed by atoms with Gasteiger partial charge in [-0.15, -0.1) is 0 Å². The molecule has 0 amide bonds. The van der Waals surface area contributed by atoms with Crippen LogP contribution in [0.2, 0.25) is 0 Å². The van der Waals surface area contributed by atoms with E-state index in [4.69, 9.17) is 9.47 Å². The van der Waals surface area contributed by atoms with Gasteiger partial charge in [-0.25, -0.2) is 13.1 Å². The number of hydrogen-bond acceptors (Lipinski definition) is 4. The summed E-state index contributed by atoms with van der Waals surface area (Å²) in [6, 6.07) is 13.1. The van der Waals surface area contributed by atoms with E-state index in [0.29, 0.717) is 11.5 Å². The second-order valence-corrected chi connectivity index (χ2v) is 11.0. The van der Waals surface area contributed by atoms with E-state index in [2.05, 4.69) is 23.8 Å². The number of aryl methyl sites for hydroxylation is 1. The zero-order chi connectivity index (χ0) is 21.6. The summed E-state index contributed by atoms with van der Waals surface area (Å²) < 4.78 is 40.5. The van der Waals surface area contributed by atoms with E-state index in [1.807, 2.05) is 25.1 Å². The number of ether oxygens (including phenoxy) is 2. The van der Waals surface area contributed by atoms with Crippen LogP contribution in [0.5, 0.6) is 5.75 Å². The highest BCUT2D eigenvalue weighted by atomic mass is 32.2. The lowest BCUT2D eigenvalue weighted by Gasteiger charge is -2.55. The van der Waals surface area contributed by atoms with Gasteiger partial charge in [-0.3, -0.25) is 0 Å². The fourth-order valence-corrected chi connectivity index (χ4v) is 6.97. The Morgan fingerprint density at radius 1 is 1.13 bits per heavy atom. The third-order valence-corrected chi connectivity index (χ3v) is 8.52. The van der Waals surface area contributed by atoms with Gasteiger partial charge in [-0.2, -0.15) is 0 Å². The first-order valence-electron chi connectivity index (χ1n) is 10.5. The van der Waals surface area contributed by atoms with Gasteiger partial charge in [0.15, 0.2) is 0 Å². The van der Waals surface area contributed by atoms with Crippen molar-refractivity contribution in [1.29, 1.82) is 0 Å². The maximum absolute atomic E-state index is 13.2. The molecule has 162 valence electrons. The molecule has 6 heteroatoms. The van der Waals surface area contributed by atoms with E-state index in [1.54, 1.807) is 26.4 Å². The van der Waals surface area contributed by atoms with Crippen molar-refractivity contribution in [3.05, 3.63) is 59.2 Å². The van der Waals surface area contributed by atoms with Crippen LogP contribution in [0.1, 0.15) is 42.9 Å². The van der Waals surface area contributed by atoms with Crippen LogP contribution in [0.15, 0.2) is 47.4 Å². The van der Waals surface area contributed by atoms with Crippen LogP contribution < -0.4 is 9.46 Å². The largest absolute Gasteiger partial charge is 0.497 e. The summed E-state index contributed by atoms with van der Waals surface area (Å²) in [5, 5.41) is 0. The Balaban J connectivity index is 1.70. The Labute approximate surface area is 179 Å². The van der Waals surface area contributed by atoms with Gasteiger partial charge in [0.25, 0.3) is 0 Å². The standard InChI is InChI=1S/C24H31NO4S/c1-17-5-9-20(10-6-17)30(26,27)25-22-11-12-23(2)15-24(22,16-28-3)14-18-7-8-19(29-4)13-21(18)23/h5-10,13,22,25H,11-12,14-16H2,1-4H3/t22-,23-,24-/m1/s1. The first kappa shape index (κ1) is 21.3. The molecule has 0 aromatic heterocycles. The summed E-state index contributed by atoms with van der Waals surface area (Å²) in [6.07, 6.45) is 3.37. The first-order valence-corrected chi connectivity index (χ1v) is 12.0. The second kappa shape index (κ2) is 7.66. The fraction of sp³-hybridized carbons (Fsp3) is 0.500. The molecule has 2 aliphatic carbocycles. The molecule has 0 spiro atoms. The van der Waals surface area contributed by atoms with Crippen LogP contribution in [0, 0.1) is 12.3 Å². The molecule has 30 heavy (non-hydrogen) atoms. The Morgan fingerprint density at radius 2 is 1.87 bits per heavy atom. The van der Waals surface area contributed by atoms with Crippen molar-refractivity contribution in [3.63, 3.8) is 0 Å². The lowest BCUT2D eigenvalue weighted by molar-refractivity contribution is -0.00776. The van der Waals surface area contributed by atoms with Gasteiger partial charge in [0.2, 0.25) is 10.0 Å². The van der Waals surface area contributed by atoms with Gasteiger partial charge in [0.05, 0.1) is 18.6 Å². The Morgan fingerprint density at radius 3 is 2.53 bits per heavy atom. The number of benzene rings is 2. The van der Waals surface area contributed by atoms with Crippen molar-refractivity contribution >= 4 is 10.0 Å². The molecule has 0 saturated heterocycles. The number of methoxy groups -OCH3 is 2. The molecular formula is C24H31NO4S. The SMILES string of the molecule is COC[C@]12Cc3ccc(OC)cc3[C@](C)(CC[C@H]1NS(=O)(=O)c1ccc(C)cc1)C2. The lowest BCUT2D eigenvalue weighted by Crippen LogP contribution is -2.59. The van der Waals surface area contributed by atoms with Crippen LogP contribution in [-0.2, 0) is 26.6 Å². The van der Waals surface area contributed by atoms with Crippen molar-refractivity contribution in [1.82, 2.24) is 4.72 Å². The predicted molar refractivity (Wildman–Crippen MR) is 117 cm³/mol. The quantitative estimate of drug-likeness (QED) is 0.754. The van der Waals surface area contributed by atoms with E-state index >= 15 is 0 Å². The molecule has 1 saturated carbocycles. The Kier molecular flexibility index (Phi) is 5.45. The normalized spacial score (nSPS) is 28.1. The first-order chi connectivity index (χ1) is 14.2. The van der Waals surface area contributed by atoms with E-state index in [-0.39, 0.29) is 16.9 Å². The number of hydrogen-bond donors (Lipinski definition) is 1. The summed E-state index contributed by atoms with van der Waals surface area (Å²) in [7, 11) is -0.205. The molecule has 0 aliphatic heterocycles. The molecular weight excluding hydrogens is 398 g/mol. The van der Waals surface area contributed by atoms with Gasteiger partial charge in [0.1, 0.15) is 5.75 Å². The molecule has 2 aromatic rings. The predicted octanol–water partition coefficient (Wildman–Crippen LogP) is 3.98. The zero-order valence-corrected chi connectivity index (χ0v) is 19.0. The summed E-state index contributed by atoms with van der Waals surface area (Å²) in [4.78, 5) is 0.315. The highest BCUT2D eigenvalue weighted by Gasteiger charge is 2.54. The Bertz CT molecular complexity index is 1030. The van der Waals surface area contributed by atoms with Gasteiger partial charge in [-0.05, 0) is 73.4 Å². The zero-order valence-electron chi connectivity index (χ0n) is 18.2. The van der Waals surface area contributed by atoms with Gasteiger partial charge < -0.3 is 9.47 Å². The Hall–Kier alpha value is -1.89. The molecule has 2 aliphatic rings. The van der Waals surface area contributed by atoms with Gasteiger partial charge in [-0.1, -0.05) is 30.7 Å². The molecule has 4 rings (SSSR count). The van der Waals surface area contributed by atoms with Crippen LogP contribution >= 0.6 is 0 Å². The monoisotopic (exact) mass is 429 g/mol. The van der Waals surface area contributed by atoms with Crippen molar-refractivity contribution in [2.45, 2.75) is 55.9 Å². The third kappa shape index (κ3) is 3.66. The average molecular weight is 430 g/mol. The van der Waals surface area contributed by atoms with Crippen molar-refractivity contribution in [2.75, 3.05) is 20.8 Å². The molecule has 5 nitrogen and oxygen atoms in total. The minimum atomic E-state index is -3.60. The van der Waals surface area contributed by atoms with E-state index < -0.39 is 10.0 Å². The number of nitrogens with one attached hydrogen (secondary N) is 1. The van der Waals surface area contributed by atoms with Gasteiger partial charge in [0, 0.05) is 18.6 Å². The summed E-state index contributed by atoms with van der Waals surface area (Å²) in [6.45, 7) is 4.77. The number of fused-ring (bicyclic) bond motifs is 4. The topological polar surface area (TPSA) is 64.6 Å². The molecule has 1 N–H and O–H groups in total. The summed E-state index contributed by atoms with van der Waals surface area (Å²) in [5.74, 6) is 0.872. The fourth-order valence-electron chi connectivity index (χ4n) is 5.60. The highest BCUT2D eigenvalue weighted by Crippen LogP contribution is 2.55. The molecule has 2 bridgehead atoms. The minimum absolute atomic E-state index is 0.0214. The van der Waals surface area contributed by atoms with Crippen LogP contribution in [0.3, 0.4) is 0 Å². The second-order valence-electron chi connectivity index (χ2n) is 9.26. The molecule has 0 heterocycles. The summed E-state index contributed by atoms with van der Waals surface area (Å²) in [5.41, 5.74) is 3.33. The van der Waals surface area contributed by atoms with Crippen LogP contribution in [0.4, 0.5) is 0 Å². The molecule has 0 radical (unpaired) electrons. The van der Waals surface area contributed by atoms with E-state index in [0.717, 1.165) is 37.0 Å². The number of sulfonamides is 1. The molecule has 1 fully saturated rings.